The van der Waals surface area contributed by atoms with Gasteiger partial charge in [-0.1, -0.05) is 29.8 Å². The summed E-state index contributed by atoms with van der Waals surface area (Å²) in [6, 6.07) is 7.76. The van der Waals surface area contributed by atoms with E-state index in [0.29, 0.717) is 0 Å². The molecule has 0 unspecified atom stereocenters. The Labute approximate surface area is 129 Å². The molecule has 1 amide bonds. The predicted octanol–water partition coefficient (Wildman–Crippen LogP) is 2.54. The minimum absolute atomic E-state index is 0.0362. The maximum Gasteiger partial charge on any atom is 0.244 e. The molecular weight excluding hydrogens is 290 g/mol. The lowest BCUT2D eigenvalue weighted by molar-refractivity contribution is -0.117. The highest BCUT2D eigenvalue weighted by molar-refractivity contribution is 8.15. The monoisotopic (exact) mass is 311 g/mol. The Bertz CT molecular complexity index is 432. The van der Waals surface area contributed by atoms with Gasteiger partial charge >= 0.3 is 0 Å². The molecular formula is C15H21NO2S2. The Morgan fingerprint density at radius 2 is 2.10 bits per heavy atom. The summed E-state index contributed by atoms with van der Waals surface area (Å²) >= 11 is 3.44. The van der Waals surface area contributed by atoms with Crippen molar-refractivity contribution in [1.82, 2.24) is 5.32 Å². The zero-order chi connectivity index (χ0) is 14.8. The third kappa shape index (κ3) is 7.03. The number of carbonyl (C=O) groups excluding carboxylic acids is 1. The van der Waals surface area contributed by atoms with Gasteiger partial charge in [0.15, 0.2) is 0 Å². The van der Waals surface area contributed by atoms with Gasteiger partial charge in [0, 0.05) is 16.9 Å². The number of hydrogen-bond donors (Lipinski definition) is 2. The van der Waals surface area contributed by atoms with Gasteiger partial charge in [-0.15, -0.1) is 11.8 Å². The zero-order valence-corrected chi connectivity index (χ0v) is 13.5. The fourth-order valence-corrected chi connectivity index (χ4v) is 3.04. The molecule has 0 spiro atoms. The minimum Gasteiger partial charge on any atom is -0.394 e. The van der Waals surface area contributed by atoms with E-state index in [1.807, 2.05) is 37.4 Å². The fourth-order valence-electron chi connectivity index (χ4n) is 1.51. The van der Waals surface area contributed by atoms with Crippen molar-refractivity contribution in [2.24, 2.45) is 0 Å². The maximum absolute atomic E-state index is 11.8. The van der Waals surface area contributed by atoms with E-state index >= 15 is 0 Å². The number of carbonyl (C=O) groups is 1. The van der Waals surface area contributed by atoms with Crippen LogP contribution in [-0.4, -0.2) is 40.8 Å². The number of hydrogen-bond acceptors (Lipinski definition) is 4. The van der Waals surface area contributed by atoms with E-state index in [1.54, 1.807) is 29.6 Å². The van der Waals surface area contributed by atoms with Crippen LogP contribution in [0.2, 0.25) is 0 Å². The number of aliphatic hydroxyl groups is 1. The quantitative estimate of drug-likeness (QED) is 0.440. The van der Waals surface area contributed by atoms with Crippen LogP contribution in [0, 0.1) is 6.92 Å². The summed E-state index contributed by atoms with van der Waals surface area (Å²) in [5.41, 5.74) is 2.18. The second-order valence-electron chi connectivity index (χ2n) is 4.41. The SMILES string of the molecule is CSCSC[C@@H](CO)NC(=O)/C=C/c1ccc(C)cc1. The van der Waals surface area contributed by atoms with Crippen LogP contribution in [0.1, 0.15) is 11.1 Å². The summed E-state index contributed by atoms with van der Waals surface area (Å²) < 4.78 is 0. The topological polar surface area (TPSA) is 49.3 Å². The van der Waals surface area contributed by atoms with Crippen LogP contribution in [0.25, 0.3) is 6.08 Å². The molecule has 2 N–H and O–H groups in total. The molecule has 1 rings (SSSR count). The molecule has 0 heterocycles. The summed E-state index contributed by atoms with van der Waals surface area (Å²) in [7, 11) is 0. The molecule has 1 atom stereocenters. The van der Waals surface area contributed by atoms with Crippen LogP contribution in [0.4, 0.5) is 0 Å². The van der Waals surface area contributed by atoms with Gasteiger partial charge in [0.2, 0.25) is 5.91 Å². The second kappa shape index (κ2) is 9.91. The predicted molar refractivity (Wildman–Crippen MR) is 90.1 cm³/mol. The largest absolute Gasteiger partial charge is 0.394 e. The Morgan fingerprint density at radius 3 is 2.70 bits per heavy atom. The van der Waals surface area contributed by atoms with Gasteiger partial charge in [-0.2, -0.15) is 11.8 Å². The van der Waals surface area contributed by atoms with Crippen molar-refractivity contribution in [1.29, 1.82) is 0 Å². The zero-order valence-electron chi connectivity index (χ0n) is 11.8. The Kier molecular flexibility index (Phi) is 8.49. The molecule has 1 aromatic carbocycles. The van der Waals surface area contributed by atoms with Crippen molar-refractivity contribution in [3.63, 3.8) is 0 Å². The summed E-state index contributed by atoms with van der Waals surface area (Å²) in [6.45, 7) is 1.99. The van der Waals surface area contributed by atoms with Crippen LogP contribution in [-0.2, 0) is 4.79 Å². The van der Waals surface area contributed by atoms with E-state index in [2.05, 4.69) is 5.32 Å². The van der Waals surface area contributed by atoms with E-state index in [9.17, 15) is 9.90 Å². The lowest BCUT2D eigenvalue weighted by Crippen LogP contribution is -2.38. The molecule has 0 aliphatic rings. The molecule has 20 heavy (non-hydrogen) atoms. The normalized spacial score (nSPS) is 12.6. The number of benzene rings is 1. The standard InChI is InChI=1S/C15H21NO2S2/c1-12-3-5-13(6-4-12)7-8-15(18)16-14(9-17)10-20-11-19-2/h3-8,14,17H,9-11H2,1-2H3,(H,16,18)/b8-7+/t14-/m1/s1. The van der Waals surface area contributed by atoms with Gasteiger partial charge in [0.1, 0.15) is 0 Å². The summed E-state index contributed by atoms with van der Waals surface area (Å²) in [5, 5.41) is 13.0. The summed E-state index contributed by atoms with van der Waals surface area (Å²) in [4.78, 5) is 11.8. The molecule has 3 nitrogen and oxygen atoms in total. The number of amides is 1. The van der Waals surface area contributed by atoms with E-state index in [0.717, 1.165) is 16.4 Å². The number of thioether (sulfide) groups is 2. The molecule has 0 fully saturated rings. The number of aryl methyl sites for hydroxylation is 1. The smallest absolute Gasteiger partial charge is 0.244 e. The van der Waals surface area contributed by atoms with E-state index < -0.39 is 0 Å². The van der Waals surface area contributed by atoms with Crippen LogP contribution in [0.3, 0.4) is 0 Å². The van der Waals surface area contributed by atoms with Gasteiger partial charge < -0.3 is 10.4 Å². The van der Waals surface area contributed by atoms with Gasteiger partial charge in [0.25, 0.3) is 0 Å². The number of rotatable bonds is 8. The van der Waals surface area contributed by atoms with Gasteiger partial charge in [-0.05, 0) is 24.8 Å². The first-order valence-corrected chi connectivity index (χ1v) is 8.93. The lowest BCUT2D eigenvalue weighted by atomic mass is 10.1. The first kappa shape index (κ1) is 17.1. The molecule has 1 aromatic rings. The van der Waals surface area contributed by atoms with Crippen molar-refractivity contribution in [3.8, 4) is 0 Å². The molecule has 0 saturated carbocycles. The number of aliphatic hydroxyl groups excluding tert-OH is 1. The highest BCUT2D eigenvalue weighted by atomic mass is 32.2. The van der Waals surface area contributed by atoms with Crippen LogP contribution in [0.15, 0.2) is 30.3 Å². The molecule has 0 bridgehead atoms. The Morgan fingerprint density at radius 1 is 1.40 bits per heavy atom. The van der Waals surface area contributed by atoms with Crippen molar-refractivity contribution in [2.45, 2.75) is 13.0 Å². The van der Waals surface area contributed by atoms with Gasteiger partial charge in [-0.3, -0.25) is 4.79 Å². The Hall–Kier alpha value is -0.910. The first-order valence-electron chi connectivity index (χ1n) is 6.38. The van der Waals surface area contributed by atoms with Crippen molar-refractivity contribution >= 4 is 35.5 Å². The second-order valence-corrected chi connectivity index (χ2v) is 6.67. The average molecular weight is 311 g/mol. The van der Waals surface area contributed by atoms with E-state index in [-0.39, 0.29) is 18.6 Å². The summed E-state index contributed by atoms with van der Waals surface area (Å²) in [5.74, 6) is 0.552. The fraction of sp³-hybridized carbons (Fsp3) is 0.400. The Balaban J connectivity index is 2.42. The van der Waals surface area contributed by atoms with E-state index in [1.165, 1.54) is 11.6 Å². The van der Waals surface area contributed by atoms with Crippen LogP contribution in [0.5, 0.6) is 0 Å². The molecule has 5 heteroatoms. The molecule has 0 radical (unpaired) electrons. The highest BCUT2D eigenvalue weighted by Gasteiger charge is 2.09. The van der Waals surface area contributed by atoms with Gasteiger partial charge in [-0.25, -0.2) is 0 Å². The van der Waals surface area contributed by atoms with Gasteiger partial charge in [0.05, 0.1) is 12.6 Å². The lowest BCUT2D eigenvalue weighted by Gasteiger charge is -2.14. The maximum atomic E-state index is 11.8. The number of nitrogens with one attached hydrogen (secondary N) is 1. The van der Waals surface area contributed by atoms with Crippen molar-refractivity contribution in [2.75, 3.05) is 23.7 Å². The third-order valence-corrected chi connectivity index (χ3v) is 4.84. The molecule has 0 aliphatic heterocycles. The minimum atomic E-state index is -0.192. The van der Waals surface area contributed by atoms with Crippen LogP contribution >= 0.6 is 23.5 Å². The summed E-state index contributed by atoms with van der Waals surface area (Å²) in [6.07, 6.45) is 5.31. The molecule has 0 saturated heterocycles. The van der Waals surface area contributed by atoms with Crippen molar-refractivity contribution in [3.05, 3.63) is 41.5 Å². The van der Waals surface area contributed by atoms with Crippen molar-refractivity contribution < 1.29 is 9.90 Å². The molecule has 110 valence electrons. The molecule has 0 aliphatic carbocycles. The molecule has 0 aromatic heterocycles. The average Bonchev–Trinajstić information content (AvgIpc) is 2.46. The highest BCUT2D eigenvalue weighted by Crippen LogP contribution is 2.10. The van der Waals surface area contributed by atoms with E-state index in [4.69, 9.17) is 0 Å². The van der Waals surface area contributed by atoms with Crippen LogP contribution < -0.4 is 5.32 Å². The first-order chi connectivity index (χ1) is 9.65. The third-order valence-electron chi connectivity index (χ3n) is 2.59.